The minimum Gasteiger partial charge on any atom is -0.445 e. The van der Waals surface area contributed by atoms with Crippen molar-refractivity contribution in [2.45, 2.75) is 62.5 Å². The smallest absolute Gasteiger partial charge is 0.410 e. The van der Waals surface area contributed by atoms with E-state index in [1.165, 1.54) is 10.5 Å². The number of amides is 1. The minimum atomic E-state index is -0.362. The predicted molar refractivity (Wildman–Crippen MR) is 181 cm³/mol. The van der Waals surface area contributed by atoms with Crippen LogP contribution in [-0.4, -0.2) is 77.6 Å². The summed E-state index contributed by atoms with van der Waals surface area (Å²) in [4.78, 5) is 18.6. The van der Waals surface area contributed by atoms with Gasteiger partial charge >= 0.3 is 6.09 Å². The van der Waals surface area contributed by atoms with E-state index in [1.54, 1.807) is 6.21 Å². The number of hydrogen-bond donors (Lipinski definition) is 1. The number of benzene rings is 3. The summed E-state index contributed by atoms with van der Waals surface area (Å²) >= 11 is 0. The van der Waals surface area contributed by atoms with E-state index in [4.69, 9.17) is 10.1 Å². The molecule has 0 saturated carbocycles. The Bertz CT molecular complexity index is 1300. The molecule has 1 fully saturated rings. The SMILES string of the molecule is C/C=S(\c1ccccc1)N(C)C[C@](C=N)(CCCN1CCC(N(CC)C(=O)OCc2ccccc2)CC1)c1ccccc1. The monoisotopic (exact) mass is 600 g/mol. The maximum absolute atomic E-state index is 12.9. The second-order valence-corrected chi connectivity index (χ2v) is 13.5. The van der Waals surface area contributed by atoms with Crippen LogP contribution in [0.3, 0.4) is 0 Å². The topological polar surface area (TPSA) is 59.9 Å². The molecule has 0 aliphatic carbocycles. The van der Waals surface area contributed by atoms with Gasteiger partial charge in [-0.15, -0.1) is 0 Å². The molecule has 2 atom stereocenters. The molecule has 0 radical (unpaired) electrons. The van der Waals surface area contributed by atoms with E-state index in [0.717, 1.165) is 57.4 Å². The highest BCUT2D eigenvalue weighted by Gasteiger charge is 2.33. The molecule has 1 N–H and O–H groups in total. The Balaban J connectivity index is 1.33. The predicted octanol–water partition coefficient (Wildman–Crippen LogP) is 7.47. The molecule has 1 amide bonds. The van der Waals surface area contributed by atoms with Crippen LogP contribution in [0.4, 0.5) is 4.79 Å². The number of rotatable bonds is 14. The second kappa shape index (κ2) is 16.6. The molecule has 1 saturated heterocycles. The summed E-state index contributed by atoms with van der Waals surface area (Å²) < 4.78 is 8.06. The molecule has 0 bridgehead atoms. The van der Waals surface area contributed by atoms with Gasteiger partial charge in [0.1, 0.15) is 6.61 Å². The third kappa shape index (κ3) is 8.88. The molecular formula is C36H48N4O2S. The van der Waals surface area contributed by atoms with Crippen molar-refractivity contribution < 1.29 is 9.53 Å². The molecule has 3 aromatic rings. The zero-order valence-electron chi connectivity index (χ0n) is 26.0. The highest BCUT2D eigenvalue weighted by atomic mass is 32.2. The quantitative estimate of drug-likeness (QED) is 0.154. The molecular weight excluding hydrogens is 552 g/mol. The molecule has 1 unspecified atom stereocenters. The average Bonchev–Trinajstić information content (AvgIpc) is 3.06. The molecule has 4 rings (SSSR count). The van der Waals surface area contributed by atoms with Crippen LogP contribution >= 0.6 is 10.7 Å². The number of ether oxygens (including phenoxy) is 1. The Labute approximate surface area is 261 Å². The molecule has 230 valence electrons. The Morgan fingerprint density at radius 3 is 2.19 bits per heavy atom. The van der Waals surface area contributed by atoms with Gasteiger partial charge in [-0.1, -0.05) is 89.5 Å². The Kier molecular flexibility index (Phi) is 12.6. The molecule has 43 heavy (non-hydrogen) atoms. The standard InChI is InChI=1S/C36H48N4O2S/c1-4-40(35(41)42-28-31-16-9-6-10-17-31)33-22-26-39(27-23-33)25-15-24-36(29-37,32-18-11-7-12-19-32)30-38(3)43(5-2)34-20-13-8-14-21-34/h5-14,16-21,29,33,37H,4,15,22-28,30H2,1-3H3/t36-,43?/m1/s1. The van der Waals surface area contributed by atoms with E-state index >= 15 is 0 Å². The Morgan fingerprint density at radius 1 is 1.00 bits per heavy atom. The van der Waals surface area contributed by atoms with E-state index in [0.29, 0.717) is 13.2 Å². The molecule has 1 heterocycles. The second-order valence-electron chi connectivity index (χ2n) is 11.3. The summed E-state index contributed by atoms with van der Waals surface area (Å²) in [7, 11) is 2.04. The first kappa shape index (κ1) is 32.6. The lowest BCUT2D eigenvalue weighted by Gasteiger charge is -2.39. The van der Waals surface area contributed by atoms with E-state index in [9.17, 15) is 4.79 Å². The van der Waals surface area contributed by atoms with Crippen LogP contribution in [0.2, 0.25) is 0 Å². The van der Waals surface area contributed by atoms with Gasteiger partial charge in [-0.25, -0.2) is 4.79 Å². The van der Waals surface area contributed by atoms with Crippen molar-refractivity contribution >= 4 is 28.3 Å². The van der Waals surface area contributed by atoms with Crippen molar-refractivity contribution in [3.05, 3.63) is 102 Å². The van der Waals surface area contributed by atoms with Gasteiger partial charge in [-0.2, -0.15) is 0 Å². The summed E-state index contributed by atoms with van der Waals surface area (Å²) in [6.07, 6.45) is 5.30. The lowest BCUT2D eigenvalue weighted by Crippen LogP contribution is -2.47. The number of hydrogen-bond acceptors (Lipinski definition) is 5. The molecule has 1 aliphatic heterocycles. The first-order chi connectivity index (χ1) is 21.0. The zero-order valence-corrected chi connectivity index (χ0v) is 26.8. The van der Waals surface area contributed by atoms with Crippen LogP contribution in [0.1, 0.15) is 50.7 Å². The van der Waals surface area contributed by atoms with Gasteiger partial charge in [0.05, 0.1) is 0 Å². The Morgan fingerprint density at radius 2 is 1.60 bits per heavy atom. The molecule has 1 aliphatic rings. The first-order valence-electron chi connectivity index (χ1n) is 15.6. The normalized spacial score (nSPS) is 16.5. The summed E-state index contributed by atoms with van der Waals surface area (Å²) in [6, 6.07) is 31.3. The van der Waals surface area contributed by atoms with Crippen molar-refractivity contribution in [3.8, 4) is 0 Å². The summed E-state index contributed by atoms with van der Waals surface area (Å²) in [6.45, 7) is 8.85. The van der Waals surface area contributed by atoms with Crippen LogP contribution in [-0.2, 0) is 16.8 Å². The fraction of sp³-hybridized carbons (Fsp3) is 0.417. The van der Waals surface area contributed by atoms with Crippen LogP contribution in [0, 0.1) is 5.41 Å². The van der Waals surface area contributed by atoms with Gasteiger partial charge in [0.25, 0.3) is 0 Å². The number of carbonyl (C=O) groups is 1. The number of likely N-dealkylation sites (N-methyl/N-ethyl adjacent to an activating group) is 1. The molecule has 3 aromatic carbocycles. The van der Waals surface area contributed by atoms with Gasteiger partial charge in [-0.05, 0) is 81.8 Å². The van der Waals surface area contributed by atoms with Crippen molar-refractivity contribution in [1.29, 1.82) is 5.41 Å². The van der Waals surface area contributed by atoms with Crippen LogP contribution in [0.15, 0.2) is 95.9 Å². The Hall–Kier alpha value is -3.26. The molecule has 0 aromatic heterocycles. The fourth-order valence-corrected chi connectivity index (χ4v) is 8.02. The number of likely N-dealkylation sites (tertiary alicyclic amines) is 1. The maximum atomic E-state index is 12.9. The maximum Gasteiger partial charge on any atom is 0.410 e. The van der Waals surface area contributed by atoms with Gasteiger partial charge in [0.15, 0.2) is 0 Å². The molecule has 6 nitrogen and oxygen atoms in total. The van der Waals surface area contributed by atoms with Crippen molar-refractivity contribution in [2.24, 2.45) is 0 Å². The van der Waals surface area contributed by atoms with E-state index in [1.807, 2.05) is 42.2 Å². The van der Waals surface area contributed by atoms with Crippen LogP contribution < -0.4 is 0 Å². The third-order valence-corrected chi connectivity index (χ3v) is 10.6. The summed E-state index contributed by atoms with van der Waals surface area (Å²) in [5, 5.41) is 10.9. The van der Waals surface area contributed by atoms with Crippen LogP contribution in [0.25, 0.3) is 0 Å². The fourth-order valence-electron chi connectivity index (χ4n) is 6.22. The largest absolute Gasteiger partial charge is 0.445 e. The number of nitrogens with one attached hydrogen (secondary N) is 1. The third-order valence-electron chi connectivity index (χ3n) is 8.55. The van der Waals surface area contributed by atoms with Crippen molar-refractivity contribution in [1.82, 2.24) is 14.1 Å². The van der Waals surface area contributed by atoms with Gasteiger partial charge in [0, 0.05) is 48.7 Å². The van der Waals surface area contributed by atoms with Gasteiger partial charge in [0.2, 0.25) is 0 Å². The number of carbonyl (C=O) groups excluding carboxylic acids is 1. The van der Waals surface area contributed by atoms with E-state index in [2.05, 4.69) is 89.2 Å². The summed E-state index contributed by atoms with van der Waals surface area (Å²) in [5.74, 6) is 0. The van der Waals surface area contributed by atoms with E-state index < -0.39 is 0 Å². The molecule has 7 heteroatoms. The summed E-state index contributed by atoms with van der Waals surface area (Å²) in [5.41, 5.74) is 1.85. The highest BCUT2D eigenvalue weighted by molar-refractivity contribution is 8.12. The van der Waals surface area contributed by atoms with Gasteiger partial charge < -0.3 is 19.9 Å². The van der Waals surface area contributed by atoms with Crippen LogP contribution in [0.5, 0.6) is 0 Å². The average molecular weight is 601 g/mol. The van der Waals surface area contributed by atoms with Crippen molar-refractivity contribution in [2.75, 3.05) is 39.8 Å². The lowest BCUT2D eigenvalue weighted by molar-refractivity contribution is 0.0627. The van der Waals surface area contributed by atoms with Crippen molar-refractivity contribution in [3.63, 3.8) is 0 Å². The first-order valence-corrected chi connectivity index (χ1v) is 16.8. The zero-order chi connectivity index (χ0) is 30.5. The van der Waals surface area contributed by atoms with E-state index in [-0.39, 0.29) is 28.2 Å². The minimum absolute atomic E-state index is 0.145. The number of piperidine rings is 1. The number of nitrogens with zero attached hydrogens (tertiary/aromatic N) is 3. The highest BCUT2D eigenvalue weighted by Crippen LogP contribution is 2.35. The lowest BCUT2D eigenvalue weighted by atomic mass is 9.77. The van der Waals surface area contributed by atoms with Gasteiger partial charge in [-0.3, -0.25) is 4.31 Å². The molecule has 0 spiro atoms.